The second kappa shape index (κ2) is 4.64. The van der Waals surface area contributed by atoms with Crippen molar-refractivity contribution in [2.45, 2.75) is 12.5 Å². The highest BCUT2D eigenvalue weighted by molar-refractivity contribution is 6.00. The Morgan fingerprint density at radius 3 is 2.83 bits per heavy atom. The number of phenols is 1. The van der Waals surface area contributed by atoms with Crippen LogP contribution in [0.1, 0.15) is 16.8 Å². The van der Waals surface area contributed by atoms with Gasteiger partial charge in [-0.3, -0.25) is 9.59 Å². The van der Waals surface area contributed by atoms with Crippen molar-refractivity contribution in [2.75, 3.05) is 13.6 Å². The SMILES string of the molecule is CN1CCC(NC(=O)c2c(O)cccc2F)C1=O. The summed E-state index contributed by atoms with van der Waals surface area (Å²) in [4.78, 5) is 24.9. The van der Waals surface area contributed by atoms with Gasteiger partial charge in [0.1, 0.15) is 23.2 Å². The molecule has 6 heteroatoms. The predicted molar refractivity (Wildman–Crippen MR) is 61.6 cm³/mol. The lowest BCUT2D eigenvalue weighted by molar-refractivity contribution is -0.128. The van der Waals surface area contributed by atoms with Gasteiger partial charge in [0.15, 0.2) is 0 Å². The van der Waals surface area contributed by atoms with Crippen LogP contribution in [0.15, 0.2) is 18.2 Å². The van der Waals surface area contributed by atoms with Crippen LogP contribution in [0.5, 0.6) is 5.75 Å². The van der Waals surface area contributed by atoms with Gasteiger partial charge in [-0.05, 0) is 18.6 Å². The summed E-state index contributed by atoms with van der Waals surface area (Å²) >= 11 is 0. The molecule has 2 rings (SSSR count). The van der Waals surface area contributed by atoms with E-state index in [4.69, 9.17) is 0 Å². The van der Waals surface area contributed by atoms with Crippen LogP contribution in [0.25, 0.3) is 0 Å². The van der Waals surface area contributed by atoms with Gasteiger partial charge >= 0.3 is 0 Å². The van der Waals surface area contributed by atoms with Gasteiger partial charge < -0.3 is 15.3 Å². The second-order valence-corrected chi connectivity index (χ2v) is 4.21. The lowest BCUT2D eigenvalue weighted by atomic mass is 10.1. The Morgan fingerprint density at radius 2 is 2.28 bits per heavy atom. The van der Waals surface area contributed by atoms with Crippen LogP contribution in [-0.4, -0.2) is 41.5 Å². The van der Waals surface area contributed by atoms with E-state index < -0.39 is 29.1 Å². The maximum Gasteiger partial charge on any atom is 0.258 e. The number of carbonyl (C=O) groups is 2. The average Bonchev–Trinajstić information content (AvgIpc) is 2.61. The van der Waals surface area contributed by atoms with E-state index in [9.17, 15) is 19.1 Å². The number of hydrogen-bond donors (Lipinski definition) is 2. The number of likely N-dealkylation sites (N-methyl/N-ethyl adjacent to an activating group) is 1. The van der Waals surface area contributed by atoms with E-state index in [0.717, 1.165) is 6.07 Å². The molecular weight excluding hydrogens is 239 g/mol. The van der Waals surface area contributed by atoms with Gasteiger partial charge in [-0.2, -0.15) is 0 Å². The standard InChI is InChI=1S/C12H13FN2O3/c1-15-6-5-8(12(15)18)14-11(17)10-7(13)3-2-4-9(10)16/h2-4,8,16H,5-6H2,1H3,(H,14,17). The second-order valence-electron chi connectivity index (χ2n) is 4.21. The molecule has 1 heterocycles. The topological polar surface area (TPSA) is 69.6 Å². The highest BCUT2D eigenvalue weighted by atomic mass is 19.1. The fourth-order valence-electron chi connectivity index (χ4n) is 1.92. The molecule has 1 aromatic carbocycles. The third-order valence-corrected chi connectivity index (χ3v) is 2.95. The Labute approximate surface area is 103 Å². The number of aromatic hydroxyl groups is 1. The minimum absolute atomic E-state index is 0.209. The van der Waals surface area contributed by atoms with Gasteiger partial charge in [0.25, 0.3) is 5.91 Å². The lowest BCUT2D eigenvalue weighted by Crippen LogP contribution is -2.40. The number of halogens is 1. The van der Waals surface area contributed by atoms with Crippen molar-refractivity contribution in [1.82, 2.24) is 10.2 Å². The summed E-state index contributed by atoms with van der Waals surface area (Å²) in [6.07, 6.45) is 0.482. The van der Waals surface area contributed by atoms with Crippen LogP contribution in [0.2, 0.25) is 0 Å². The van der Waals surface area contributed by atoms with Gasteiger partial charge in [0, 0.05) is 13.6 Å². The molecule has 1 saturated heterocycles. The van der Waals surface area contributed by atoms with Gasteiger partial charge in [0.2, 0.25) is 5.91 Å². The number of nitrogens with zero attached hydrogens (tertiary/aromatic N) is 1. The summed E-state index contributed by atoms with van der Waals surface area (Å²) in [5.41, 5.74) is -0.431. The van der Waals surface area contributed by atoms with Gasteiger partial charge in [-0.1, -0.05) is 6.07 Å². The summed E-state index contributed by atoms with van der Waals surface area (Å²) in [6.45, 7) is 0.549. The van der Waals surface area contributed by atoms with Crippen LogP contribution < -0.4 is 5.32 Å². The molecule has 18 heavy (non-hydrogen) atoms. The third-order valence-electron chi connectivity index (χ3n) is 2.95. The Balaban J connectivity index is 2.16. The number of rotatable bonds is 2. The predicted octanol–water partition coefficient (Wildman–Crippen LogP) is 0.492. The van der Waals surface area contributed by atoms with Crippen LogP contribution in [0, 0.1) is 5.82 Å². The van der Waals surface area contributed by atoms with Crippen molar-refractivity contribution in [1.29, 1.82) is 0 Å². The number of phenolic OH excluding ortho intramolecular Hbond substituents is 1. The first-order valence-corrected chi connectivity index (χ1v) is 5.54. The minimum Gasteiger partial charge on any atom is -0.507 e. The zero-order valence-electron chi connectivity index (χ0n) is 9.81. The lowest BCUT2D eigenvalue weighted by Gasteiger charge is -2.13. The molecule has 1 fully saturated rings. The zero-order valence-corrected chi connectivity index (χ0v) is 9.81. The third kappa shape index (κ3) is 2.13. The average molecular weight is 252 g/mol. The molecule has 5 nitrogen and oxygen atoms in total. The molecule has 0 bridgehead atoms. The molecule has 96 valence electrons. The van der Waals surface area contributed by atoms with Crippen LogP contribution >= 0.6 is 0 Å². The molecule has 1 atom stereocenters. The Hall–Kier alpha value is -2.11. The number of benzene rings is 1. The fourth-order valence-corrected chi connectivity index (χ4v) is 1.92. The molecule has 2 amide bonds. The molecule has 0 aromatic heterocycles. The fraction of sp³-hybridized carbons (Fsp3) is 0.333. The van der Waals surface area contributed by atoms with E-state index >= 15 is 0 Å². The monoisotopic (exact) mass is 252 g/mol. The van der Waals surface area contributed by atoms with E-state index in [1.54, 1.807) is 7.05 Å². The first kappa shape index (κ1) is 12.3. The summed E-state index contributed by atoms with van der Waals surface area (Å²) in [5, 5.41) is 11.9. The van der Waals surface area contributed by atoms with Crippen molar-refractivity contribution >= 4 is 11.8 Å². The number of carbonyl (C=O) groups excluding carboxylic acids is 2. The van der Waals surface area contributed by atoms with E-state index in [1.807, 2.05) is 0 Å². The summed E-state index contributed by atoms with van der Waals surface area (Å²) < 4.78 is 13.4. The van der Waals surface area contributed by atoms with Crippen molar-refractivity contribution in [2.24, 2.45) is 0 Å². The first-order valence-electron chi connectivity index (χ1n) is 5.54. The van der Waals surface area contributed by atoms with Crippen LogP contribution in [0.4, 0.5) is 4.39 Å². The van der Waals surface area contributed by atoms with E-state index in [0.29, 0.717) is 13.0 Å². The molecule has 1 unspecified atom stereocenters. The highest BCUT2D eigenvalue weighted by Gasteiger charge is 2.31. The Morgan fingerprint density at radius 1 is 1.56 bits per heavy atom. The number of amides is 2. The number of hydrogen-bond acceptors (Lipinski definition) is 3. The molecule has 1 aliphatic rings. The Kier molecular flexibility index (Phi) is 3.18. The maximum absolute atomic E-state index is 13.4. The van der Waals surface area contributed by atoms with Gasteiger partial charge in [-0.15, -0.1) is 0 Å². The smallest absolute Gasteiger partial charge is 0.258 e. The minimum atomic E-state index is -0.814. The van der Waals surface area contributed by atoms with E-state index in [2.05, 4.69) is 5.32 Å². The zero-order chi connectivity index (χ0) is 13.3. The molecule has 1 aromatic rings. The number of likely N-dealkylation sites (tertiary alicyclic amines) is 1. The van der Waals surface area contributed by atoms with Crippen LogP contribution in [-0.2, 0) is 4.79 Å². The largest absolute Gasteiger partial charge is 0.507 e. The summed E-state index contributed by atoms with van der Waals surface area (Å²) in [6, 6.07) is 2.95. The molecule has 0 spiro atoms. The van der Waals surface area contributed by atoms with E-state index in [1.165, 1.54) is 17.0 Å². The quantitative estimate of drug-likeness (QED) is 0.805. The molecular formula is C12H13FN2O3. The van der Waals surface area contributed by atoms with E-state index in [-0.39, 0.29) is 5.91 Å². The maximum atomic E-state index is 13.4. The normalized spacial score (nSPS) is 19.1. The van der Waals surface area contributed by atoms with Crippen molar-refractivity contribution in [3.63, 3.8) is 0 Å². The number of nitrogens with one attached hydrogen (secondary N) is 1. The van der Waals surface area contributed by atoms with Crippen molar-refractivity contribution < 1.29 is 19.1 Å². The summed E-state index contributed by atoms with van der Waals surface area (Å²) in [5.74, 6) is -2.24. The molecule has 1 aliphatic heterocycles. The first-order chi connectivity index (χ1) is 8.50. The van der Waals surface area contributed by atoms with Crippen molar-refractivity contribution in [3.8, 4) is 5.75 Å². The van der Waals surface area contributed by atoms with Crippen molar-refractivity contribution in [3.05, 3.63) is 29.6 Å². The molecule has 0 saturated carbocycles. The molecule has 2 N–H and O–H groups in total. The summed E-state index contributed by atoms with van der Waals surface area (Å²) in [7, 11) is 1.63. The molecule has 0 radical (unpaired) electrons. The Bertz CT molecular complexity index is 484. The molecule has 0 aliphatic carbocycles. The van der Waals surface area contributed by atoms with Gasteiger partial charge in [-0.25, -0.2) is 4.39 Å². The highest BCUT2D eigenvalue weighted by Crippen LogP contribution is 2.20. The van der Waals surface area contributed by atoms with Gasteiger partial charge in [0.05, 0.1) is 0 Å². The van der Waals surface area contributed by atoms with Crippen LogP contribution in [0.3, 0.4) is 0 Å².